The zero-order valence-corrected chi connectivity index (χ0v) is 25.1. The van der Waals surface area contributed by atoms with E-state index in [4.69, 9.17) is 4.74 Å². The molecule has 0 heterocycles. The van der Waals surface area contributed by atoms with Crippen LogP contribution in [0.3, 0.4) is 0 Å². The monoisotopic (exact) mass is 553 g/mol. The van der Waals surface area contributed by atoms with Crippen LogP contribution in [0.4, 0.5) is 4.79 Å². The molecule has 0 aliphatic rings. The van der Waals surface area contributed by atoms with Crippen molar-refractivity contribution in [2.24, 2.45) is 0 Å². The number of aromatic hydroxyl groups is 1. The fourth-order valence-electron chi connectivity index (χ4n) is 4.43. The van der Waals surface area contributed by atoms with Crippen molar-refractivity contribution in [2.45, 2.75) is 104 Å². The molecule has 40 heavy (non-hydrogen) atoms. The van der Waals surface area contributed by atoms with E-state index >= 15 is 0 Å². The van der Waals surface area contributed by atoms with Crippen LogP contribution in [0.2, 0.25) is 0 Å². The minimum atomic E-state index is -1.01. The number of carbonyl (C=O) groups excluding carboxylic acids is 3. The SMILES string of the molecule is CCCCCNC(=O)C(c1ccc(CC)cc1)N(C(=O)C(Cc1ccc(O)cc1)NC(=O)OC(C)(C)C)C(C)C. The van der Waals surface area contributed by atoms with Crippen molar-refractivity contribution >= 4 is 17.9 Å². The molecule has 0 bridgehead atoms. The van der Waals surface area contributed by atoms with Gasteiger partial charge >= 0.3 is 6.09 Å². The highest BCUT2D eigenvalue weighted by Crippen LogP contribution is 2.26. The van der Waals surface area contributed by atoms with E-state index in [1.807, 2.05) is 38.1 Å². The molecule has 0 spiro atoms. The normalized spacial score (nSPS) is 12.9. The molecule has 0 fully saturated rings. The van der Waals surface area contributed by atoms with Gasteiger partial charge in [-0.3, -0.25) is 9.59 Å². The molecule has 0 aliphatic carbocycles. The average Bonchev–Trinajstić information content (AvgIpc) is 2.89. The van der Waals surface area contributed by atoms with Gasteiger partial charge in [0.05, 0.1) is 0 Å². The van der Waals surface area contributed by atoms with Crippen LogP contribution < -0.4 is 10.6 Å². The number of rotatable bonds is 13. The molecule has 3 N–H and O–H groups in total. The Kier molecular flexibility index (Phi) is 12.5. The summed E-state index contributed by atoms with van der Waals surface area (Å²) in [6.07, 6.45) is 3.17. The van der Waals surface area contributed by atoms with Crippen LogP contribution in [0, 0.1) is 0 Å². The number of aryl methyl sites for hydroxylation is 1. The van der Waals surface area contributed by atoms with Crippen LogP contribution in [0.5, 0.6) is 5.75 Å². The van der Waals surface area contributed by atoms with Crippen LogP contribution >= 0.6 is 0 Å². The minimum Gasteiger partial charge on any atom is -0.508 e. The van der Waals surface area contributed by atoms with Crippen molar-refractivity contribution < 1.29 is 24.2 Å². The maximum Gasteiger partial charge on any atom is 0.408 e. The Morgan fingerprint density at radius 3 is 2.05 bits per heavy atom. The summed E-state index contributed by atoms with van der Waals surface area (Å²) in [5, 5.41) is 15.5. The summed E-state index contributed by atoms with van der Waals surface area (Å²) in [5.74, 6) is -0.559. The van der Waals surface area contributed by atoms with Gasteiger partial charge in [0, 0.05) is 19.0 Å². The van der Waals surface area contributed by atoms with Gasteiger partial charge in [0.25, 0.3) is 0 Å². The summed E-state index contributed by atoms with van der Waals surface area (Å²) in [6, 6.07) is 12.0. The lowest BCUT2D eigenvalue weighted by atomic mass is 9.97. The third-order valence-electron chi connectivity index (χ3n) is 6.49. The highest BCUT2D eigenvalue weighted by atomic mass is 16.6. The lowest BCUT2D eigenvalue weighted by molar-refractivity contribution is -0.144. The predicted molar refractivity (Wildman–Crippen MR) is 158 cm³/mol. The Bertz CT molecular complexity index is 1090. The second-order valence-electron chi connectivity index (χ2n) is 11.4. The van der Waals surface area contributed by atoms with Crippen molar-refractivity contribution in [1.82, 2.24) is 15.5 Å². The van der Waals surface area contributed by atoms with Gasteiger partial charge in [-0.1, -0.05) is 63.1 Å². The van der Waals surface area contributed by atoms with Gasteiger partial charge in [-0.15, -0.1) is 0 Å². The molecule has 2 unspecified atom stereocenters. The molecule has 8 heteroatoms. The molecule has 2 aromatic carbocycles. The fraction of sp³-hybridized carbons (Fsp3) is 0.531. The zero-order chi connectivity index (χ0) is 29.9. The number of amides is 3. The van der Waals surface area contributed by atoms with E-state index in [0.29, 0.717) is 12.1 Å². The second kappa shape index (κ2) is 15.3. The summed E-state index contributed by atoms with van der Waals surface area (Å²) in [5.41, 5.74) is 1.82. The van der Waals surface area contributed by atoms with Crippen molar-refractivity contribution in [3.63, 3.8) is 0 Å². The first-order chi connectivity index (χ1) is 18.9. The molecular formula is C32H47N3O5. The van der Waals surface area contributed by atoms with Crippen LogP contribution in [0.15, 0.2) is 48.5 Å². The smallest absolute Gasteiger partial charge is 0.408 e. The first-order valence-electron chi connectivity index (χ1n) is 14.3. The molecule has 0 saturated heterocycles. The Hall–Kier alpha value is -3.55. The van der Waals surface area contributed by atoms with E-state index in [1.165, 1.54) is 12.1 Å². The van der Waals surface area contributed by atoms with Crippen LogP contribution in [-0.4, -0.2) is 52.1 Å². The molecular weight excluding hydrogens is 506 g/mol. The lowest BCUT2D eigenvalue weighted by Gasteiger charge is -2.37. The quantitative estimate of drug-likeness (QED) is 0.277. The zero-order valence-electron chi connectivity index (χ0n) is 25.1. The fourth-order valence-corrected chi connectivity index (χ4v) is 4.43. The first kappa shape index (κ1) is 32.7. The highest BCUT2D eigenvalue weighted by molar-refractivity contribution is 5.92. The number of hydrogen-bond acceptors (Lipinski definition) is 5. The van der Waals surface area contributed by atoms with Crippen molar-refractivity contribution in [2.75, 3.05) is 6.54 Å². The number of phenolic OH excluding ortho intramolecular Hbond substituents is 1. The number of phenols is 1. The van der Waals surface area contributed by atoms with E-state index in [-0.39, 0.29) is 24.1 Å². The third-order valence-corrected chi connectivity index (χ3v) is 6.49. The minimum absolute atomic E-state index is 0.103. The molecule has 2 aromatic rings. The molecule has 0 radical (unpaired) electrons. The largest absolute Gasteiger partial charge is 0.508 e. The second-order valence-corrected chi connectivity index (χ2v) is 11.4. The number of benzene rings is 2. The Labute approximate surface area is 239 Å². The van der Waals surface area contributed by atoms with Crippen molar-refractivity contribution in [3.8, 4) is 5.75 Å². The van der Waals surface area contributed by atoms with E-state index in [0.717, 1.165) is 36.8 Å². The highest BCUT2D eigenvalue weighted by Gasteiger charge is 2.37. The number of unbranched alkanes of at least 4 members (excludes halogenated alkanes) is 2. The van der Waals surface area contributed by atoms with Crippen LogP contribution in [-0.2, 0) is 27.2 Å². The molecule has 0 aliphatic heterocycles. The molecule has 0 aromatic heterocycles. The van der Waals surface area contributed by atoms with E-state index in [1.54, 1.807) is 37.8 Å². The summed E-state index contributed by atoms with van der Waals surface area (Å²) in [6.45, 7) is 13.7. The number of hydrogen-bond donors (Lipinski definition) is 3. The predicted octanol–water partition coefficient (Wildman–Crippen LogP) is 5.68. The van der Waals surface area contributed by atoms with Gasteiger partial charge in [-0.25, -0.2) is 4.79 Å². The van der Waals surface area contributed by atoms with Crippen LogP contribution in [0.1, 0.15) is 90.5 Å². The van der Waals surface area contributed by atoms with Crippen LogP contribution in [0.25, 0.3) is 0 Å². The van der Waals surface area contributed by atoms with E-state index in [2.05, 4.69) is 24.5 Å². The lowest BCUT2D eigenvalue weighted by Crippen LogP contribution is -2.55. The molecule has 2 rings (SSSR count). The third kappa shape index (κ3) is 10.2. The standard InChI is InChI=1S/C32H47N3O5/c1-8-10-11-20-33-29(37)28(25-16-12-23(9-2)13-17-25)35(22(3)4)30(38)27(34-31(39)40-32(5,6)7)21-24-14-18-26(36)19-15-24/h12-19,22,27-28,36H,8-11,20-21H2,1-7H3,(H,33,37)(H,34,39). The van der Waals surface area contributed by atoms with Gasteiger partial charge in [-0.2, -0.15) is 0 Å². The number of nitrogens with zero attached hydrogens (tertiary/aromatic N) is 1. The molecule has 2 atom stereocenters. The summed E-state index contributed by atoms with van der Waals surface area (Å²) < 4.78 is 5.47. The van der Waals surface area contributed by atoms with Crippen molar-refractivity contribution in [3.05, 3.63) is 65.2 Å². The van der Waals surface area contributed by atoms with Gasteiger partial charge < -0.3 is 25.4 Å². The average molecular weight is 554 g/mol. The number of nitrogens with one attached hydrogen (secondary N) is 2. The van der Waals surface area contributed by atoms with Crippen molar-refractivity contribution in [1.29, 1.82) is 0 Å². The number of carbonyl (C=O) groups is 3. The molecule has 0 saturated carbocycles. The maximum absolute atomic E-state index is 14.3. The van der Waals surface area contributed by atoms with Gasteiger partial charge in [0.2, 0.25) is 11.8 Å². The summed E-state index contributed by atoms with van der Waals surface area (Å²) in [7, 11) is 0. The molecule has 8 nitrogen and oxygen atoms in total. The first-order valence-corrected chi connectivity index (χ1v) is 14.3. The van der Waals surface area contributed by atoms with Gasteiger partial charge in [0.1, 0.15) is 23.4 Å². The Morgan fingerprint density at radius 2 is 1.52 bits per heavy atom. The van der Waals surface area contributed by atoms with Gasteiger partial charge in [0.15, 0.2) is 0 Å². The number of ether oxygens (including phenoxy) is 1. The Balaban J connectivity index is 2.50. The Morgan fingerprint density at radius 1 is 0.925 bits per heavy atom. The topological polar surface area (TPSA) is 108 Å². The molecule has 3 amide bonds. The summed E-state index contributed by atoms with van der Waals surface area (Å²) >= 11 is 0. The summed E-state index contributed by atoms with van der Waals surface area (Å²) in [4.78, 5) is 42.4. The van der Waals surface area contributed by atoms with E-state index in [9.17, 15) is 19.5 Å². The molecule has 220 valence electrons. The maximum atomic E-state index is 14.3. The van der Waals surface area contributed by atoms with E-state index < -0.39 is 29.7 Å². The number of alkyl carbamates (subject to hydrolysis) is 1. The van der Waals surface area contributed by atoms with Gasteiger partial charge in [-0.05, 0) is 76.3 Å².